The third kappa shape index (κ3) is 2.24. The first-order chi connectivity index (χ1) is 9.08. The van der Waals surface area contributed by atoms with Gasteiger partial charge in [-0.05, 0) is 37.8 Å². The fraction of sp³-hybridized carbons (Fsp3) is 0.500. The van der Waals surface area contributed by atoms with Gasteiger partial charge in [0.2, 0.25) is 0 Å². The quantitative estimate of drug-likeness (QED) is 0.866. The van der Waals surface area contributed by atoms with Gasteiger partial charge in [-0.25, -0.2) is 0 Å². The second-order valence-electron chi connectivity index (χ2n) is 5.43. The van der Waals surface area contributed by atoms with E-state index < -0.39 is 0 Å². The van der Waals surface area contributed by atoms with Crippen molar-refractivity contribution in [3.8, 4) is 0 Å². The highest BCUT2D eigenvalue weighted by atomic mass is 35.5. The minimum Gasteiger partial charge on any atom is -0.333 e. The van der Waals surface area contributed by atoms with E-state index in [4.69, 9.17) is 28.9 Å². The number of fused-ring (bicyclic) bond motifs is 2. The van der Waals surface area contributed by atoms with E-state index in [1.54, 1.807) is 18.2 Å². The lowest BCUT2D eigenvalue weighted by molar-refractivity contribution is 0.0575. The average Bonchev–Trinajstić information content (AvgIpc) is 2.64. The van der Waals surface area contributed by atoms with Crippen molar-refractivity contribution in [3.05, 3.63) is 33.8 Å². The molecule has 2 unspecified atom stereocenters. The molecule has 2 fully saturated rings. The second kappa shape index (κ2) is 4.97. The minimum atomic E-state index is -0.00750. The van der Waals surface area contributed by atoms with Crippen molar-refractivity contribution in [1.29, 1.82) is 0 Å². The number of piperidine rings is 1. The SMILES string of the molecule is NC1CC2CCC(C1)N2C(=O)c1cccc(Cl)c1Cl. The van der Waals surface area contributed by atoms with Crippen LogP contribution in [0.1, 0.15) is 36.0 Å². The molecule has 1 aromatic carbocycles. The van der Waals surface area contributed by atoms with Gasteiger partial charge in [0.25, 0.3) is 5.91 Å². The number of hydrogen-bond acceptors (Lipinski definition) is 2. The summed E-state index contributed by atoms with van der Waals surface area (Å²) in [6.07, 6.45) is 3.87. The normalized spacial score (nSPS) is 29.6. The molecule has 2 aliphatic rings. The van der Waals surface area contributed by atoms with Crippen molar-refractivity contribution >= 4 is 29.1 Å². The molecule has 0 aromatic heterocycles. The fourth-order valence-electron chi connectivity index (χ4n) is 3.36. The van der Waals surface area contributed by atoms with Gasteiger partial charge >= 0.3 is 0 Å². The molecule has 102 valence electrons. The van der Waals surface area contributed by atoms with Crippen molar-refractivity contribution < 1.29 is 4.79 Å². The highest BCUT2D eigenvalue weighted by Crippen LogP contribution is 2.37. The summed E-state index contributed by atoms with van der Waals surface area (Å²) in [7, 11) is 0. The van der Waals surface area contributed by atoms with E-state index in [1.807, 2.05) is 4.90 Å². The molecule has 2 N–H and O–H groups in total. The summed E-state index contributed by atoms with van der Waals surface area (Å²) in [6, 6.07) is 5.94. The Labute approximate surface area is 122 Å². The van der Waals surface area contributed by atoms with Crippen molar-refractivity contribution in [3.63, 3.8) is 0 Å². The molecule has 19 heavy (non-hydrogen) atoms. The van der Waals surface area contributed by atoms with Gasteiger partial charge in [0, 0.05) is 18.1 Å². The number of nitrogens with zero attached hydrogens (tertiary/aromatic N) is 1. The van der Waals surface area contributed by atoms with E-state index in [9.17, 15) is 4.79 Å². The molecular weight excluding hydrogens is 283 g/mol. The topological polar surface area (TPSA) is 46.3 Å². The zero-order valence-corrected chi connectivity index (χ0v) is 12.0. The van der Waals surface area contributed by atoms with Gasteiger partial charge in [-0.3, -0.25) is 4.79 Å². The van der Waals surface area contributed by atoms with E-state index in [1.165, 1.54) is 0 Å². The summed E-state index contributed by atoms with van der Waals surface area (Å²) >= 11 is 12.1. The lowest BCUT2D eigenvalue weighted by Crippen LogP contribution is -2.50. The number of carbonyl (C=O) groups excluding carboxylic acids is 1. The van der Waals surface area contributed by atoms with Crippen LogP contribution in [0.25, 0.3) is 0 Å². The molecule has 5 heteroatoms. The van der Waals surface area contributed by atoms with Crippen LogP contribution in [-0.4, -0.2) is 28.9 Å². The molecule has 1 amide bonds. The van der Waals surface area contributed by atoms with Crippen LogP contribution in [-0.2, 0) is 0 Å². The molecule has 3 nitrogen and oxygen atoms in total. The van der Waals surface area contributed by atoms with E-state index in [0.717, 1.165) is 25.7 Å². The number of hydrogen-bond donors (Lipinski definition) is 1. The molecule has 1 aromatic rings. The first-order valence-corrected chi connectivity index (χ1v) is 7.35. The van der Waals surface area contributed by atoms with Crippen molar-refractivity contribution in [2.45, 2.75) is 43.8 Å². The summed E-state index contributed by atoms with van der Waals surface area (Å²) in [6.45, 7) is 0. The van der Waals surface area contributed by atoms with Gasteiger partial charge in [-0.15, -0.1) is 0 Å². The standard InChI is InChI=1S/C14H16Cl2N2O/c15-12-3-1-2-11(13(12)16)14(19)18-9-4-5-10(18)7-8(17)6-9/h1-3,8-10H,4-7,17H2. The maximum atomic E-state index is 12.7. The number of halogens is 2. The Hall–Kier alpha value is -0.770. The largest absolute Gasteiger partial charge is 0.333 e. The minimum absolute atomic E-state index is 0.00750. The summed E-state index contributed by atoms with van der Waals surface area (Å²) in [4.78, 5) is 14.7. The molecular formula is C14H16Cl2N2O. The molecule has 2 heterocycles. The van der Waals surface area contributed by atoms with Gasteiger partial charge in [0.1, 0.15) is 0 Å². The number of carbonyl (C=O) groups is 1. The van der Waals surface area contributed by atoms with E-state index >= 15 is 0 Å². The van der Waals surface area contributed by atoms with Crippen molar-refractivity contribution in [2.24, 2.45) is 5.73 Å². The van der Waals surface area contributed by atoms with Crippen LogP contribution in [0.2, 0.25) is 10.0 Å². The van der Waals surface area contributed by atoms with E-state index in [2.05, 4.69) is 0 Å². The van der Waals surface area contributed by atoms with Crippen LogP contribution in [0.15, 0.2) is 18.2 Å². The molecule has 2 atom stereocenters. The first kappa shape index (κ1) is 13.2. The smallest absolute Gasteiger partial charge is 0.255 e. The van der Waals surface area contributed by atoms with E-state index in [-0.39, 0.29) is 24.0 Å². The van der Waals surface area contributed by atoms with Crippen molar-refractivity contribution in [2.75, 3.05) is 0 Å². The van der Waals surface area contributed by atoms with Crippen LogP contribution in [0.5, 0.6) is 0 Å². The Kier molecular flexibility index (Phi) is 3.46. The number of benzene rings is 1. The summed E-state index contributed by atoms with van der Waals surface area (Å²) < 4.78 is 0. The predicted molar refractivity (Wildman–Crippen MR) is 76.7 cm³/mol. The zero-order chi connectivity index (χ0) is 13.6. The third-order valence-corrected chi connectivity index (χ3v) is 5.00. The predicted octanol–water partition coefficient (Wildman–Crippen LogP) is 3.09. The van der Waals surface area contributed by atoms with Crippen LogP contribution < -0.4 is 5.73 Å². The molecule has 0 aliphatic carbocycles. The lowest BCUT2D eigenvalue weighted by atomic mass is 9.97. The molecule has 2 saturated heterocycles. The lowest BCUT2D eigenvalue weighted by Gasteiger charge is -2.38. The Morgan fingerprint density at radius 1 is 1.21 bits per heavy atom. The van der Waals surface area contributed by atoms with Gasteiger partial charge in [0.15, 0.2) is 0 Å². The summed E-state index contributed by atoms with van der Waals surface area (Å²) in [5, 5.41) is 0.775. The molecule has 2 aliphatic heterocycles. The average molecular weight is 299 g/mol. The van der Waals surface area contributed by atoms with Gasteiger partial charge in [-0.1, -0.05) is 29.3 Å². The highest BCUT2D eigenvalue weighted by Gasteiger charge is 2.42. The van der Waals surface area contributed by atoms with Crippen LogP contribution >= 0.6 is 23.2 Å². The van der Waals surface area contributed by atoms with Crippen LogP contribution in [0.4, 0.5) is 0 Å². The van der Waals surface area contributed by atoms with Gasteiger partial charge in [0.05, 0.1) is 15.6 Å². The molecule has 0 saturated carbocycles. The molecule has 0 spiro atoms. The van der Waals surface area contributed by atoms with E-state index in [0.29, 0.717) is 15.6 Å². The van der Waals surface area contributed by atoms with Crippen molar-refractivity contribution in [1.82, 2.24) is 4.90 Å². The third-order valence-electron chi connectivity index (χ3n) is 4.19. The van der Waals surface area contributed by atoms with Gasteiger partial charge in [-0.2, -0.15) is 0 Å². The Morgan fingerprint density at radius 3 is 2.47 bits per heavy atom. The monoisotopic (exact) mass is 298 g/mol. The molecule has 2 bridgehead atoms. The zero-order valence-electron chi connectivity index (χ0n) is 10.5. The van der Waals surface area contributed by atoms with Crippen LogP contribution in [0.3, 0.4) is 0 Å². The summed E-state index contributed by atoms with van der Waals surface area (Å²) in [5.74, 6) is -0.00750. The second-order valence-corrected chi connectivity index (χ2v) is 6.22. The number of rotatable bonds is 1. The maximum absolute atomic E-state index is 12.7. The van der Waals surface area contributed by atoms with Crippen LogP contribution in [0, 0.1) is 0 Å². The molecule has 3 rings (SSSR count). The van der Waals surface area contributed by atoms with Gasteiger partial charge < -0.3 is 10.6 Å². The Bertz CT molecular complexity index is 506. The Balaban J connectivity index is 1.91. The fourth-order valence-corrected chi connectivity index (χ4v) is 3.74. The highest BCUT2D eigenvalue weighted by molar-refractivity contribution is 6.43. The summed E-state index contributed by atoms with van der Waals surface area (Å²) in [5.41, 5.74) is 6.53. The number of amides is 1. The number of nitrogens with two attached hydrogens (primary N) is 1. The molecule has 0 radical (unpaired) electrons. The Morgan fingerprint density at radius 2 is 1.84 bits per heavy atom. The first-order valence-electron chi connectivity index (χ1n) is 6.60. The maximum Gasteiger partial charge on any atom is 0.255 e.